The summed E-state index contributed by atoms with van der Waals surface area (Å²) in [6.07, 6.45) is 7.28. The molecule has 0 aliphatic carbocycles. The molecule has 4 nitrogen and oxygen atoms in total. The summed E-state index contributed by atoms with van der Waals surface area (Å²) in [4.78, 5) is 13.4. The van der Waals surface area contributed by atoms with Crippen molar-refractivity contribution < 1.29 is 14.3 Å². The van der Waals surface area contributed by atoms with Gasteiger partial charge in [0.1, 0.15) is 12.1 Å². The molecule has 0 radical (unpaired) electrons. The van der Waals surface area contributed by atoms with E-state index >= 15 is 0 Å². The number of nitrogens with zero attached hydrogens (tertiary/aromatic N) is 1. The lowest BCUT2D eigenvalue weighted by Crippen LogP contribution is -2.58. The maximum atomic E-state index is 11.8. The van der Waals surface area contributed by atoms with Crippen molar-refractivity contribution >= 4 is 6.09 Å². The maximum absolute atomic E-state index is 11.8. The van der Waals surface area contributed by atoms with E-state index < -0.39 is 11.6 Å². The van der Waals surface area contributed by atoms with Crippen LogP contribution >= 0.6 is 0 Å². The van der Waals surface area contributed by atoms with Gasteiger partial charge in [0.25, 0.3) is 0 Å². The van der Waals surface area contributed by atoms with Gasteiger partial charge in [0.2, 0.25) is 0 Å². The van der Waals surface area contributed by atoms with Crippen molar-refractivity contribution in [3.63, 3.8) is 0 Å². The Morgan fingerprint density at radius 3 is 3.12 bits per heavy atom. The van der Waals surface area contributed by atoms with Gasteiger partial charge in [-0.3, -0.25) is 4.90 Å². The van der Waals surface area contributed by atoms with Crippen molar-refractivity contribution in [1.82, 2.24) is 4.90 Å². The zero-order valence-corrected chi connectivity index (χ0v) is 9.57. The molecule has 0 bridgehead atoms. The average Bonchev–Trinajstić information content (AvgIpc) is 2.35. The molecule has 1 heterocycles. The number of ether oxygens (including phenoxy) is 2. The van der Waals surface area contributed by atoms with E-state index in [9.17, 15) is 4.79 Å². The monoisotopic (exact) mass is 223 g/mol. The summed E-state index contributed by atoms with van der Waals surface area (Å²) in [5.41, 5.74) is -0.670. The molecule has 1 amide bonds. The van der Waals surface area contributed by atoms with Gasteiger partial charge >= 0.3 is 6.09 Å². The molecule has 1 fully saturated rings. The van der Waals surface area contributed by atoms with Crippen LogP contribution in [0.25, 0.3) is 0 Å². The minimum absolute atomic E-state index is 0.195. The SMILES string of the molecule is C#CC1(CC)COCCN1C(=O)OCC=C. The third kappa shape index (κ3) is 2.37. The van der Waals surface area contributed by atoms with Crippen LogP contribution in [-0.2, 0) is 9.47 Å². The predicted molar refractivity (Wildman–Crippen MR) is 60.9 cm³/mol. The smallest absolute Gasteiger partial charge is 0.411 e. The third-order valence-corrected chi connectivity index (χ3v) is 2.72. The maximum Gasteiger partial charge on any atom is 0.411 e. The highest BCUT2D eigenvalue weighted by atomic mass is 16.6. The van der Waals surface area contributed by atoms with Crippen LogP contribution in [0.15, 0.2) is 12.7 Å². The fraction of sp³-hybridized carbons (Fsp3) is 0.583. The largest absolute Gasteiger partial charge is 0.445 e. The van der Waals surface area contributed by atoms with E-state index in [1.165, 1.54) is 6.08 Å². The number of carbonyl (C=O) groups excluding carboxylic acids is 1. The number of hydrogen-bond donors (Lipinski definition) is 0. The van der Waals surface area contributed by atoms with Crippen LogP contribution in [0, 0.1) is 12.3 Å². The molecular weight excluding hydrogens is 206 g/mol. The second kappa shape index (κ2) is 5.57. The van der Waals surface area contributed by atoms with E-state index in [4.69, 9.17) is 15.9 Å². The minimum Gasteiger partial charge on any atom is -0.445 e. The second-order valence-electron chi connectivity index (χ2n) is 3.60. The number of rotatable bonds is 3. The van der Waals surface area contributed by atoms with E-state index in [-0.39, 0.29) is 6.61 Å². The molecule has 1 aliphatic heterocycles. The van der Waals surface area contributed by atoms with E-state index in [0.717, 1.165) is 0 Å². The van der Waals surface area contributed by atoms with Crippen LogP contribution in [0.5, 0.6) is 0 Å². The first-order valence-electron chi connectivity index (χ1n) is 5.31. The first kappa shape index (κ1) is 12.6. The Kier molecular flexibility index (Phi) is 4.39. The van der Waals surface area contributed by atoms with Gasteiger partial charge in [-0.1, -0.05) is 25.5 Å². The highest BCUT2D eigenvalue weighted by Crippen LogP contribution is 2.24. The van der Waals surface area contributed by atoms with Gasteiger partial charge in [0, 0.05) is 6.54 Å². The Morgan fingerprint density at radius 1 is 1.81 bits per heavy atom. The third-order valence-electron chi connectivity index (χ3n) is 2.72. The van der Waals surface area contributed by atoms with Crippen molar-refractivity contribution in [2.75, 3.05) is 26.4 Å². The van der Waals surface area contributed by atoms with Crippen LogP contribution in [0.4, 0.5) is 4.79 Å². The first-order valence-corrected chi connectivity index (χ1v) is 5.31. The Hall–Kier alpha value is -1.47. The van der Waals surface area contributed by atoms with E-state index in [1.54, 1.807) is 4.90 Å². The van der Waals surface area contributed by atoms with Crippen molar-refractivity contribution in [3.8, 4) is 12.3 Å². The molecule has 1 unspecified atom stereocenters. The zero-order chi connectivity index (χ0) is 12.0. The van der Waals surface area contributed by atoms with E-state index in [2.05, 4.69) is 12.5 Å². The van der Waals surface area contributed by atoms with Crippen molar-refractivity contribution in [2.45, 2.75) is 18.9 Å². The van der Waals surface area contributed by atoms with E-state index in [1.807, 2.05) is 6.92 Å². The summed E-state index contributed by atoms with van der Waals surface area (Å²) in [6.45, 7) is 6.94. The average molecular weight is 223 g/mol. The number of terminal acetylenes is 1. The zero-order valence-electron chi connectivity index (χ0n) is 9.57. The van der Waals surface area contributed by atoms with Crippen LogP contribution in [-0.4, -0.2) is 42.9 Å². The number of amides is 1. The molecule has 4 heteroatoms. The first-order chi connectivity index (χ1) is 7.70. The second-order valence-corrected chi connectivity index (χ2v) is 3.60. The summed E-state index contributed by atoms with van der Waals surface area (Å²) in [5.74, 6) is 2.65. The van der Waals surface area contributed by atoms with Gasteiger partial charge in [-0.05, 0) is 6.42 Å². The molecule has 0 saturated carbocycles. The van der Waals surface area contributed by atoms with Crippen LogP contribution in [0.3, 0.4) is 0 Å². The Labute approximate surface area is 96.2 Å². The summed E-state index contributed by atoms with van der Waals surface area (Å²) < 4.78 is 10.3. The normalized spacial score (nSPS) is 24.6. The van der Waals surface area contributed by atoms with E-state index in [0.29, 0.717) is 26.2 Å². The van der Waals surface area contributed by atoms with Crippen LogP contribution in [0.2, 0.25) is 0 Å². The molecule has 16 heavy (non-hydrogen) atoms. The lowest BCUT2D eigenvalue weighted by Gasteiger charge is -2.41. The molecule has 0 spiro atoms. The quantitative estimate of drug-likeness (QED) is 0.536. The number of hydrogen-bond acceptors (Lipinski definition) is 3. The molecule has 88 valence electrons. The Morgan fingerprint density at radius 2 is 2.56 bits per heavy atom. The lowest BCUT2D eigenvalue weighted by molar-refractivity contribution is -0.0363. The molecule has 0 aromatic rings. The van der Waals surface area contributed by atoms with Gasteiger partial charge in [-0.15, -0.1) is 6.42 Å². The van der Waals surface area contributed by atoms with Crippen molar-refractivity contribution in [1.29, 1.82) is 0 Å². The molecule has 1 atom stereocenters. The molecule has 1 saturated heterocycles. The van der Waals surface area contributed by atoms with Gasteiger partial charge in [-0.25, -0.2) is 4.79 Å². The summed E-state index contributed by atoms with van der Waals surface area (Å²) >= 11 is 0. The van der Waals surface area contributed by atoms with Crippen LogP contribution < -0.4 is 0 Å². The summed E-state index contributed by atoms with van der Waals surface area (Å²) in [5, 5.41) is 0. The van der Waals surface area contributed by atoms with Gasteiger partial charge in [0.05, 0.1) is 13.2 Å². The topological polar surface area (TPSA) is 38.8 Å². The Bertz CT molecular complexity index is 308. The van der Waals surface area contributed by atoms with Gasteiger partial charge in [-0.2, -0.15) is 0 Å². The molecule has 1 aliphatic rings. The highest BCUT2D eigenvalue weighted by Gasteiger charge is 2.40. The fourth-order valence-electron chi connectivity index (χ4n) is 1.68. The summed E-state index contributed by atoms with van der Waals surface area (Å²) in [7, 11) is 0. The predicted octanol–water partition coefficient (Wildman–Crippen LogP) is 1.42. The van der Waals surface area contributed by atoms with Gasteiger partial charge < -0.3 is 9.47 Å². The molecular formula is C12H17NO3. The lowest BCUT2D eigenvalue weighted by atomic mass is 9.95. The summed E-state index contributed by atoms with van der Waals surface area (Å²) in [6, 6.07) is 0. The molecule has 0 aromatic heterocycles. The van der Waals surface area contributed by atoms with Crippen molar-refractivity contribution in [2.24, 2.45) is 0 Å². The van der Waals surface area contributed by atoms with Crippen molar-refractivity contribution in [3.05, 3.63) is 12.7 Å². The molecule has 0 aromatic carbocycles. The standard InChI is InChI=1S/C12H17NO3/c1-4-8-16-11(14)13-7-9-15-10-12(13,5-2)6-3/h2,4H,1,6-10H2,3H3. The number of morpholine rings is 1. The number of carbonyl (C=O) groups is 1. The molecule has 1 rings (SSSR count). The molecule has 0 N–H and O–H groups in total. The Balaban J connectivity index is 2.78. The minimum atomic E-state index is -0.670. The fourth-order valence-corrected chi connectivity index (χ4v) is 1.68. The van der Waals surface area contributed by atoms with Gasteiger partial charge in [0.15, 0.2) is 0 Å². The van der Waals surface area contributed by atoms with Crippen LogP contribution in [0.1, 0.15) is 13.3 Å². The highest BCUT2D eigenvalue weighted by molar-refractivity contribution is 5.70.